The van der Waals surface area contributed by atoms with Crippen molar-refractivity contribution in [2.24, 2.45) is 0 Å². The molecule has 0 aromatic heterocycles. The third kappa shape index (κ3) is 7.16. The van der Waals surface area contributed by atoms with Crippen LogP contribution < -0.4 is 4.74 Å². The van der Waals surface area contributed by atoms with E-state index in [1.165, 1.54) is 6.92 Å². The van der Waals surface area contributed by atoms with E-state index in [1.54, 1.807) is 14.0 Å². The van der Waals surface area contributed by atoms with Crippen molar-refractivity contribution in [1.82, 2.24) is 0 Å². The van der Waals surface area contributed by atoms with Crippen molar-refractivity contribution in [2.75, 3.05) is 13.7 Å². The molecule has 0 saturated carbocycles. The van der Waals surface area contributed by atoms with Crippen LogP contribution in [0.3, 0.4) is 0 Å². The Morgan fingerprint density at radius 1 is 1.29 bits per heavy atom. The lowest BCUT2D eigenvalue weighted by Crippen LogP contribution is -1.95. The monoisotopic (exact) mass is 196 g/mol. The molecule has 14 heavy (non-hydrogen) atoms. The van der Waals surface area contributed by atoms with Crippen molar-refractivity contribution in [3.63, 3.8) is 0 Å². The largest absolute Gasteiger partial charge is 0.497 e. The minimum Gasteiger partial charge on any atom is -0.497 e. The topological polar surface area (TPSA) is 35.5 Å². The van der Waals surface area contributed by atoms with Crippen LogP contribution in [0.2, 0.25) is 0 Å². The summed E-state index contributed by atoms with van der Waals surface area (Å²) in [6.07, 6.45) is 0. The van der Waals surface area contributed by atoms with Crippen LogP contribution in [0.25, 0.3) is 0 Å². The van der Waals surface area contributed by atoms with Gasteiger partial charge in [0, 0.05) is 6.92 Å². The summed E-state index contributed by atoms with van der Waals surface area (Å²) in [4.78, 5) is 9.82. The average Bonchev–Trinajstić information content (AvgIpc) is 2.20. The van der Waals surface area contributed by atoms with Crippen LogP contribution in [-0.2, 0) is 9.53 Å². The number of carbonyl (C=O) groups is 1. The molecule has 1 aromatic carbocycles. The molecule has 1 rings (SSSR count). The van der Waals surface area contributed by atoms with E-state index < -0.39 is 0 Å². The third-order valence-corrected chi connectivity index (χ3v) is 1.33. The summed E-state index contributed by atoms with van der Waals surface area (Å²) < 4.78 is 9.32. The minimum atomic E-state index is -0.211. The molecular weight excluding hydrogens is 180 g/mol. The van der Waals surface area contributed by atoms with Crippen LogP contribution in [0.5, 0.6) is 5.75 Å². The maximum atomic E-state index is 9.82. The van der Waals surface area contributed by atoms with Crippen LogP contribution in [-0.4, -0.2) is 19.7 Å². The second kappa shape index (κ2) is 8.10. The molecule has 0 spiro atoms. The van der Waals surface area contributed by atoms with Crippen LogP contribution >= 0.6 is 0 Å². The molecule has 0 aliphatic heterocycles. The summed E-state index contributed by atoms with van der Waals surface area (Å²) in [6.45, 7) is 3.65. The smallest absolute Gasteiger partial charge is 0.302 e. The predicted octanol–water partition coefficient (Wildman–Crippen LogP) is 2.26. The van der Waals surface area contributed by atoms with Crippen molar-refractivity contribution in [1.29, 1.82) is 0 Å². The zero-order valence-corrected chi connectivity index (χ0v) is 8.82. The summed E-state index contributed by atoms with van der Waals surface area (Å²) in [7, 11) is 1.66. The number of ether oxygens (including phenoxy) is 2. The first kappa shape index (κ1) is 12.5. The minimum absolute atomic E-state index is 0.211. The van der Waals surface area contributed by atoms with E-state index in [9.17, 15) is 4.79 Å². The lowest BCUT2D eigenvalue weighted by Gasteiger charge is -1.93. The maximum Gasteiger partial charge on any atom is 0.302 e. The van der Waals surface area contributed by atoms with Gasteiger partial charge >= 0.3 is 5.97 Å². The van der Waals surface area contributed by atoms with Crippen molar-refractivity contribution in [3.8, 4) is 5.75 Å². The molecule has 0 bridgehead atoms. The maximum absolute atomic E-state index is 9.82. The van der Waals surface area contributed by atoms with Crippen molar-refractivity contribution in [2.45, 2.75) is 13.8 Å². The Morgan fingerprint density at radius 3 is 2.07 bits per heavy atom. The Morgan fingerprint density at radius 2 is 1.86 bits per heavy atom. The number of hydrogen-bond donors (Lipinski definition) is 0. The van der Waals surface area contributed by atoms with Crippen molar-refractivity contribution >= 4 is 5.97 Å². The Labute approximate surface area is 84.7 Å². The van der Waals surface area contributed by atoms with Gasteiger partial charge in [-0.3, -0.25) is 4.79 Å². The van der Waals surface area contributed by atoms with E-state index in [1.807, 2.05) is 30.3 Å². The quantitative estimate of drug-likeness (QED) is 0.681. The molecule has 3 nitrogen and oxygen atoms in total. The van der Waals surface area contributed by atoms with E-state index >= 15 is 0 Å². The van der Waals surface area contributed by atoms with Gasteiger partial charge in [0.25, 0.3) is 0 Å². The molecule has 78 valence electrons. The highest BCUT2D eigenvalue weighted by molar-refractivity contribution is 5.65. The number of esters is 1. The lowest BCUT2D eigenvalue weighted by molar-refractivity contribution is -0.140. The van der Waals surface area contributed by atoms with Gasteiger partial charge in [0.2, 0.25) is 0 Å². The van der Waals surface area contributed by atoms with Gasteiger partial charge in [-0.1, -0.05) is 18.2 Å². The van der Waals surface area contributed by atoms with Crippen molar-refractivity contribution in [3.05, 3.63) is 30.3 Å². The van der Waals surface area contributed by atoms with E-state index in [4.69, 9.17) is 4.74 Å². The van der Waals surface area contributed by atoms with Crippen molar-refractivity contribution < 1.29 is 14.3 Å². The highest BCUT2D eigenvalue weighted by Gasteiger charge is 1.81. The van der Waals surface area contributed by atoms with Gasteiger partial charge < -0.3 is 9.47 Å². The number of carbonyl (C=O) groups excluding carboxylic acids is 1. The standard InChI is InChI=1S/C7H8O.C4H8O2/c1-8-7-5-3-2-4-6-7;1-3-6-4(2)5/h2-6H,1H3;3H2,1-2H3. The van der Waals surface area contributed by atoms with Crippen LogP contribution in [0.1, 0.15) is 13.8 Å². The normalized spacial score (nSPS) is 8.21. The molecule has 0 heterocycles. The highest BCUT2D eigenvalue weighted by Crippen LogP contribution is 2.05. The number of methoxy groups -OCH3 is 1. The fraction of sp³-hybridized carbons (Fsp3) is 0.364. The molecule has 0 atom stereocenters. The molecule has 1 aromatic rings. The number of para-hydroxylation sites is 1. The summed E-state index contributed by atoms with van der Waals surface area (Å²) in [5, 5.41) is 0. The first-order chi connectivity index (χ1) is 6.70. The Kier molecular flexibility index (Phi) is 7.23. The SMILES string of the molecule is CCOC(C)=O.COc1ccccc1. The van der Waals surface area contributed by atoms with Crippen LogP contribution in [0.15, 0.2) is 30.3 Å². The van der Waals surface area contributed by atoms with Gasteiger partial charge in [-0.25, -0.2) is 0 Å². The summed E-state index contributed by atoms with van der Waals surface area (Å²) in [6, 6.07) is 9.68. The van der Waals surface area contributed by atoms with Gasteiger partial charge in [-0.05, 0) is 19.1 Å². The number of hydrogen-bond acceptors (Lipinski definition) is 3. The molecule has 0 aliphatic rings. The summed E-state index contributed by atoms with van der Waals surface area (Å²) in [5.41, 5.74) is 0. The van der Waals surface area contributed by atoms with E-state index in [-0.39, 0.29) is 5.97 Å². The van der Waals surface area contributed by atoms with Crippen LogP contribution in [0.4, 0.5) is 0 Å². The van der Waals surface area contributed by atoms with Gasteiger partial charge in [0.05, 0.1) is 13.7 Å². The average molecular weight is 196 g/mol. The van der Waals surface area contributed by atoms with Gasteiger partial charge in [-0.2, -0.15) is 0 Å². The summed E-state index contributed by atoms with van der Waals surface area (Å²) in [5.74, 6) is 0.699. The molecule has 3 heteroatoms. The molecule has 0 fully saturated rings. The van der Waals surface area contributed by atoms with Crippen LogP contribution in [0, 0.1) is 0 Å². The molecule has 0 radical (unpaired) electrons. The molecule has 0 N–H and O–H groups in total. The van der Waals surface area contributed by atoms with E-state index in [0.717, 1.165) is 5.75 Å². The fourth-order valence-electron chi connectivity index (χ4n) is 0.760. The second-order valence-electron chi connectivity index (χ2n) is 2.44. The Hall–Kier alpha value is -1.51. The third-order valence-electron chi connectivity index (χ3n) is 1.33. The summed E-state index contributed by atoms with van der Waals surface area (Å²) >= 11 is 0. The fourth-order valence-corrected chi connectivity index (χ4v) is 0.760. The second-order valence-corrected chi connectivity index (χ2v) is 2.44. The molecule has 0 saturated heterocycles. The molecule has 0 unspecified atom stereocenters. The first-order valence-electron chi connectivity index (χ1n) is 4.43. The number of rotatable bonds is 2. The number of benzene rings is 1. The predicted molar refractivity (Wildman–Crippen MR) is 55.3 cm³/mol. The highest BCUT2D eigenvalue weighted by atomic mass is 16.5. The van der Waals surface area contributed by atoms with E-state index in [2.05, 4.69) is 4.74 Å². The zero-order chi connectivity index (χ0) is 10.8. The molecule has 0 aliphatic carbocycles. The Bertz CT molecular complexity index is 244. The van der Waals surface area contributed by atoms with E-state index in [0.29, 0.717) is 6.61 Å². The van der Waals surface area contributed by atoms with Gasteiger partial charge in [-0.15, -0.1) is 0 Å². The Balaban J connectivity index is 0.000000255. The van der Waals surface area contributed by atoms with Gasteiger partial charge in [0.15, 0.2) is 0 Å². The molecule has 0 amide bonds. The zero-order valence-electron chi connectivity index (χ0n) is 8.82. The van der Waals surface area contributed by atoms with Gasteiger partial charge in [0.1, 0.15) is 5.75 Å². The molecular formula is C11H16O3. The lowest BCUT2D eigenvalue weighted by atomic mass is 10.3. The first-order valence-corrected chi connectivity index (χ1v) is 4.43.